The topological polar surface area (TPSA) is 35.6 Å². The standard InChI is InChI=1S/C11H19N3O/c1-2-3-13-4-6-14(7-5-13)11(15)10-8-12-9-10/h2,10,12H,1,3-9H2. The smallest absolute Gasteiger partial charge is 0.228 e. The van der Waals surface area contributed by atoms with Crippen LogP contribution < -0.4 is 5.32 Å². The minimum Gasteiger partial charge on any atom is -0.340 e. The lowest BCUT2D eigenvalue weighted by atomic mass is 10.0. The van der Waals surface area contributed by atoms with Gasteiger partial charge in [-0.3, -0.25) is 9.69 Å². The molecular weight excluding hydrogens is 190 g/mol. The maximum Gasteiger partial charge on any atom is 0.228 e. The molecule has 84 valence electrons. The monoisotopic (exact) mass is 209 g/mol. The molecule has 2 fully saturated rings. The van der Waals surface area contributed by atoms with E-state index in [-0.39, 0.29) is 5.92 Å². The summed E-state index contributed by atoms with van der Waals surface area (Å²) in [7, 11) is 0. The quantitative estimate of drug-likeness (QED) is 0.639. The van der Waals surface area contributed by atoms with Gasteiger partial charge in [-0.2, -0.15) is 0 Å². The first-order valence-corrected chi connectivity index (χ1v) is 5.64. The van der Waals surface area contributed by atoms with E-state index in [0.29, 0.717) is 5.91 Å². The zero-order valence-electron chi connectivity index (χ0n) is 9.11. The van der Waals surface area contributed by atoms with Crippen LogP contribution in [0.4, 0.5) is 0 Å². The average Bonchev–Trinajstić information content (AvgIpc) is 2.16. The fraction of sp³-hybridized carbons (Fsp3) is 0.727. The summed E-state index contributed by atoms with van der Waals surface area (Å²) >= 11 is 0. The summed E-state index contributed by atoms with van der Waals surface area (Å²) in [6.45, 7) is 10.1. The molecule has 0 aromatic rings. The summed E-state index contributed by atoms with van der Waals surface area (Å²) in [5, 5.41) is 3.14. The van der Waals surface area contributed by atoms with E-state index in [4.69, 9.17) is 0 Å². The second kappa shape index (κ2) is 4.77. The van der Waals surface area contributed by atoms with Gasteiger partial charge in [0.2, 0.25) is 5.91 Å². The highest BCUT2D eigenvalue weighted by Crippen LogP contribution is 2.10. The van der Waals surface area contributed by atoms with Crippen molar-refractivity contribution in [2.75, 3.05) is 45.8 Å². The Morgan fingerprint density at radius 3 is 2.47 bits per heavy atom. The van der Waals surface area contributed by atoms with E-state index in [1.54, 1.807) is 0 Å². The number of piperazine rings is 1. The first-order chi connectivity index (χ1) is 7.31. The van der Waals surface area contributed by atoms with Crippen molar-refractivity contribution < 1.29 is 4.79 Å². The van der Waals surface area contributed by atoms with E-state index in [0.717, 1.165) is 45.8 Å². The van der Waals surface area contributed by atoms with Crippen molar-refractivity contribution >= 4 is 5.91 Å². The number of carbonyl (C=O) groups is 1. The molecule has 4 nitrogen and oxygen atoms in total. The number of nitrogens with one attached hydrogen (secondary N) is 1. The molecule has 0 bridgehead atoms. The van der Waals surface area contributed by atoms with E-state index in [1.165, 1.54) is 0 Å². The van der Waals surface area contributed by atoms with Crippen molar-refractivity contribution in [3.8, 4) is 0 Å². The molecule has 4 heteroatoms. The lowest BCUT2D eigenvalue weighted by Crippen LogP contribution is -2.56. The predicted molar refractivity (Wildman–Crippen MR) is 59.6 cm³/mol. The molecule has 0 unspecified atom stereocenters. The molecule has 2 saturated heterocycles. The zero-order valence-corrected chi connectivity index (χ0v) is 9.11. The number of hydrogen-bond donors (Lipinski definition) is 1. The predicted octanol–water partition coefficient (Wildman–Crippen LogP) is -0.464. The van der Waals surface area contributed by atoms with Crippen LogP contribution in [0.25, 0.3) is 0 Å². The maximum atomic E-state index is 11.9. The van der Waals surface area contributed by atoms with Crippen LogP contribution in [-0.2, 0) is 4.79 Å². The number of rotatable bonds is 3. The Labute approximate surface area is 90.9 Å². The van der Waals surface area contributed by atoms with E-state index < -0.39 is 0 Å². The fourth-order valence-corrected chi connectivity index (χ4v) is 2.05. The molecule has 0 aromatic heterocycles. The van der Waals surface area contributed by atoms with Gasteiger partial charge < -0.3 is 10.2 Å². The molecule has 0 saturated carbocycles. The van der Waals surface area contributed by atoms with Gasteiger partial charge in [0.25, 0.3) is 0 Å². The summed E-state index contributed by atoms with van der Waals surface area (Å²) in [6.07, 6.45) is 1.92. The van der Waals surface area contributed by atoms with Crippen LogP contribution in [0.15, 0.2) is 12.7 Å². The molecule has 2 rings (SSSR count). The molecule has 2 heterocycles. The van der Waals surface area contributed by atoms with Crippen molar-refractivity contribution in [3.05, 3.63) is 12.7 Å². The Balaban J connectivity index is 1.77. The normalized spacial score (nSPS) is 23.6. The van der Waals surface area contributed by atoms with Gasteiger partial charge in [-0.05, 0) is 0 Å². The highest BCUT2D eigenvalue weighted by atomic mass is 16.2. The Morgan fingerprint density at radius 2 is 2.00 bits per heavy atom. The zero-order chi connectivity index (χ0) is 10.7. The Hall–Kier alpha value is -0.870. The van der Waals surface area contributed by atoms with Crippen LogP contribution in [0.3, 0.4) is 0 Å². The van der Waals surface area contributed by atoms with Gasteiger partial charge in [0.05, 0.1) is 5.92 Å². The molecule has 15 heavy (non-hydrogen) atoms. The van der Waals surface area contributed by atoms with Crippen LogP contribution in [0, 0.1) is 5.92 Å². The van der Waals surface area contributed by atoms with Gasteiger partial charge >= 0.3 is 0 Å². The van der Waals surface area contributed by atoms with Crippen LogP contribution in [0.5, 0.6) is 0 Å². The van der Waals surface area contributed by atoms with Crippen molar-refractivity contribution in [2.45, 2.75) is 0 Å². The Morgan fingerprint density at radius 1 is 1.33 bits per heavy atom. The SMILES string of the molecule is C=CCN1CCN(C(=O)C2CNC2)CC1. The maximum absolute atomic E-state index is 11.9. The van der Waals surface area contributed by atoms with Crippen LogP contribution in [0.2, 0.25) is 0 Å². The molecule has 0 radical (unpaired) electrons. The molecule has 1 N–H and O–H groups in total. The van der Waals surface area contributed by atoms with Crippen molar-refractivity contribution in [1.82, 2.24) is 15.1 Å². The molecule has 1 amide bonds. The van der Waals surface area contributed by atoms with Gasteiger partial charge in [-0.1, -0.05) is 6.08 Å². The first-order valence-electron chi connectivity index (χ1n) is 5.64. The average molecular weight is 209 g/mol. The molecule has 0 spiro atoms. The second-order valence-electron chi connectivity index (χ2n) is 4.27. The number of hydrogen-bond acceptors (Lipinski definition) is 3. The van der Waals surface area contributed by atoms with Gasteiger partial charge in [0, 0.05) is 45.8 Å². The second-order valence-corrected chi connectivity index (χ2v) is 4.27. The van der Waals surface area contributed by atoms with Gasteiger partial charge in [-0.25, -0.2) is 0 Å². The molecule has 0 aliphatic carbocycles. The van der Waals surface area contributed by atoms with E-state index >= 15 is 0 Å². The number of amides is 1. The summed E-state index contributed by atoms with van der Waals surface area (Å²) in [6, 6.07) is 0. The highest BCUT2D eigenvalue weighted by molar-refractivity contribution is 5.80. The molecule has 2 aliphatic rings. The van der Waals surface area contributed by atoms with E-state index in [9.17, 15) is 4.79 Å². The third-order valence-corrected chi connectivity index (χ3v) is 3.20. The summed E-state index contributed by atoms with van der Waals surface area (Å²) in [4.78, 5) is 16.2. The minimum absolute atomic E-state index is 0.246. The van der Waals surface area contributed by atoms with Crippen molar-refractivity contribution in [2.24, 2.45) is 5.92 Å². The van der Waals surface area contributed by atoms with Crippen LogP contribution in [0.1, 0.15) is 0 Å². The van der Waals surface area contributed by atoms with Crippen molar-refractivity contribution in [1.29, 1.82) is 0 Å². The number of nitrogens with zero attached hydrogens (tertiary/aromatic N) is 2. The molecule has 0 aromatic carbocycles. The van der Waals surface area contributed by atoms with Gasteiger partial charge in [0.15, 0.2) is 0 Å². The lowest BCUT2D eigenvalue weighted by Gasteiger charge is -2.38. The molecule has 2 aliphatic heterocycles. The minimum atomic E-state index is 0.246. The fourth-order valence-electron chi connectivity index (χ4n) is 2.05. The highest BCUT2D eigenvalue weighted by Gasteiger charge is 2.30. The van der Waals surface area contributed by atoms with E-state index in [2.05, 4.69) is 16.8 Å². The summed E-state index contributed by atoms with van der Waals surface area (Å²) in [5.74, 6) is 0.586. The van der Waals surface area contributed by atoms with Crippen LogP contribution >= 0.6 is 0 Å². The van der Waals surface area contributed by atoms with Crippen LogP contribution in [-0.4, -0.2) is 61.5 Å². The van der Waals surface area contributed by atoms with Crippen molar-refractivity contribution in [3.63, 3.8) is 0 Å². The van der Waals surface area contributed by atoms with Gasteiger partial charge in [-0.15, -0.1) is 6.58 Å². The summed E-state index contributed by atoms with van der Waals surface area (Å²) < 4.78 is 0. The summed E-state index contributed by atoms with van der Waals surface area (Å²) in [5.41, 5.74) is 0. The molecule has 0 atom stereocenters. The third kappa shape index (κ3) is 2.38. The van der Waals surface area contributed by atoms with Gasteiger partial charge in [0.1, 0.15) is 0 Å². The van der Waals surface area contributed by atoms with E-state index in [1.807, 2.05) is 11.0 Å². The third-order valence-electron chi connectivity index (χ3n) is 3.20. The lowest BCUT2D eigenvalue weighted by molar-refractivity contribution is -0.138. The first kappa shape index (κ1) is 10.6. The number of carbonyl (C=O) groups excluding carboxylic acids is 1. The molecular formula is C11H19N3O. The Bertz CT molecular complexity index is 242. The Kier molecular flexibility index (Phi) is 3.38. The largest absolute Gasteiger partial charge is 0.340 e.